The lowest BCUT2D eigenvalue weighted by molar-refractivity contribution is 0.0871. The van der Waals surface area contributed by atoms with Crippen LogP contribution in [0.1, 0.15) is 72.1 Å². The quantitative estimate of drug-likeness (QED) is 0.709. The van der Waals surface area contributed by atoms with Gasteiger partial charge in [-0.3, -0.25) is 4.79 Å². The predicted octanol–water partition coefficient (Wildman–Crippen LogP) is 5.53. The Hall–Kier alpha value is -2.55. The summed E-state index contributed by atoms with van der Waals surface area (Å²) in [5.74, 6) is 0.278. The van der Waals surface area contributed by atoms with Crippen molar-refractivity contribution in [2.45, 2.75) is 52.9 Å². The third-order valence-electron chi connectivity index (χ3n) is 6.43. The first-order valence-corrected chi connectivity index (χ1v) is 9.91. The van der Waals surface area contributed by atoms with Gasteiger partial charge in [0.2, 0.25) is 0 Å². The first-order valence-electron chi connectivity index (χ1n) is 9.91. The maximum atomic E-state index is 12.8. The minimum absolute atomic E-state index is 0.137. The molecule has 0 unspecified atom stereocenters. The number of Topliss-reactive ketones (excluding diaryl/α,β-unsaturated/α-hetero) is 1. The molecule has 0 fully saturated rings. The highest BCUT2D eigenvalue weighted by Gasteiger charge is 2.36. The van der Waals surface area contributed by atoms with Crippen LogP contribution in [0.15, 0.2) is 52.7 Å². The summed E-state index contributed by atoms with van der Waals surface area (Å²) < 4.78 is 0. The van der Waals surface area contributed by atoms with Crippen LogP contribution in [-0.4, -0.2) is 17.2 Å². The Morgan fingerprint density at radius 2 is 1.67 bits per heavy atom. The first-order chi connectivity index (χ1) is 13.0. The van der Waals surface area contributed by atoms with Gasteiger partial charge >= 0.3 is 0 Å². The van der Waals surface area contributed by atoms with Crippen LogP contribution in [0.5, 0.6) is 0 Å². The number of rotatable bonds is 4. The lowest BCUT2D eigenvalue weighted by atomic mass is 9.67. The highest BCUT2D eigenvalue weighted by Crippen LogP contribution is 2.41. The van der Waals surface area contributed by atoms with E-state index in [0.29, 0.717) is 12.8 Å². The lowest BCUT2D eigenvalue weighted by Crippen LogP contribution is -2.31. The van der Waals surface area contributed by atoms with Crippen molar-refractivity contribution < 1.29 is 4.79 Å². The van der Waals surface area contributed by atoms with E-state index in [1.165, 1.54) is 11.1 Å². The third-order valence-corrected chi connectivity index (χ3v) is 6.43. The van der Waals surface area contributed by atoms with Crippen LogP contribution < -0.4 is 0 Å². The average molecular weight is 358 g/mol. The SMILES string of the molecule is CCC1(CC)CC(=O)c2cc(C3=NN=C(c4ccccc4C)C3)ccc2C1. The molecule has 138 valence electrons. The number of carbonyl (C=O) groups is 1. The van der Waals surface area contributed by atoms with Gasteiger partial charge in [0, 0.05) is 24.0 Å². The lowest BCUT2D eigenvalue weighted by Gasteiger charge is -2.36. The molecule has 0 aromatic heterocycles. The fourth-order valence-corrected chi connectivity index (χ4v) is 4.38. The summed E-state index contributed by atoms with van der Waals surface area (Å²) in [6.45, 7) is 6.50. The van der Waals surface area contributed by atoms with Crippen molar-refractivity contribution in [3.05, 3.63) is 70.3 Å². The van der Waals surface area contributed by atoms with Crippen molar-refractivity contribution in [2.24, 2.45) is 15.6 Å². The molecule has 3 nitrogen and oxygen atoms in total. The molecular weight excluding hydrogens is 332 g/mol. The first kappa shape index (κ1) is 17.8. The molecule has 3 heteroatoms. The summed E-state index contributed by atoms with van der Waals surface area (Å²) >= 11 is 0. The molecule has 0 spiro atoms. The molecule has 0 saturated heterocycles. The van der Waals surface area contributed by atoms with E-state index >= 15 is 0 Å². The second-order valence-electron chi connectivity index (χ2n) is 7.94. The molecule has 0 N–H and O–H groups in total. The van der Waals surface area contributed by atoms with Gasteiger partial charge in [0.05, 0.1) is 11.4 Å². The minimum Gasteiger partial charge on any atom is -0.294 e. The highest BCUT2D eigenvalue weighted by molar-refractivity contribution is 6.21. The van der Waals surface area contributed by atoms with Gasteiger partial charge < -0.3 is 0 Å². The van der Waals surface area contributed by atoms with E-state index in [-0.39, 0.29) is 11.2 Å². The predicted molar refractivity (Wildman–Crippen MR) is 111 cm³/mol. The zero-order valence-corrected chi connectivity index (χ0v) is 16.4. The van der Waals surface area contributed by atoms with Gasteiger partial charge in [0.1, 0.15) is 0 Å². The standard InChI is InChI=1S/C24H26N2O/c1-4-24(5-2)14-18-11-10-17(12-20(18)23(27)15-24)21-13-22(26-25-21)19-9-7-6-8-16(19)3/h6-12H,4-5,13-15H2,1-3H3. The Labute approximate surface area is 161 Å². The highest BCUT2D eigenvalue weighted by atomic mass is 16.1. The third kappa shape index (κ3) is 3.16. The number of hydrogen-bond donors (Lipinski definition) is 0. The van der Waals surface area contributed by atoms with E-state index in [2.05, 4.69) is 55.2 Å². The molecule has 1 heterocycles. The number of hydrogen-bond acceptors (Lipinski definition) is 3. The van der Waals surface area contributed by atoms with Gasteiger partial charge in [-0.15, -0.1) is 0 Å². The molecule has 27 heavy (non-hydrogen) atoms. The van der Waals surface area contributed by atoms with E-state index in [0.717, 1.165) is 47.4 Å². The maximum absolute atomic E-state index is 12.8. The zero-order chi connectivity index (χ0) is 19.0. The van der Waals surface area contributed by atoms with Crippen molar-refractivity contribution in [3.8, 4) is 0 Å². The van der Waals surface area contributed by atoms with E-state index in [1.54, 1.807) is 0 Å². The molecule has 0 radical (unpaired) electrons. The van der Waals surface area contributed by atoms with Crippen LogP contribution >= 0.6 is 0 Å². The van der Waals surface area contributed by atoms with Gasteiger partial charge in [-0.2, -0.15) is 10.2 Å². The smallest absolute Gasteiger partial charge is 0.163 e. The molecule has 0 atom stereocenters. The van der Waals surface area contributed by atoms with Gasteiger partial charge in [-0.1, -0.05) is 50.2 Å². The number of nitrogens with zero attached hydrogens (tertiary/aromatic N) is 2. The molecule has 1 aliphatic heterocycles. The molecule has 4 rings (SSSR count). The van der Waals surface area contributed by atoms with E-state index in [4.69, 9.17) is 0 Å². The largest absolute Gasteiger partial charge is 0.294 e. The topological polar surface area (TPSA) is 41.8 Å². The van der Waals surface area contributed by atoms with Crippen LogP contribution in [0.4, 0.5) is 0 Å². The number of ketones is 1. The van der Waals surface area contributed by atoms with Crippen molar-refractivity contribution in [3.63, 3.8) is 0 Å². The van der Waals surface area contributed by atoms with Crippen LogP contribution in [0.25, 0.3) is 0 Å². The van der Waals surface area contributed by atoms with E-state index < -0.39 is 0 Å². The minimum atomic E-state index is 0.137. The molecule has 0 bridgehead atoms. The summed E-state index contributed by atoms with van der Waals surface area (Å²) in [4.78, 5) is 12.8. The Bertz CT molecular complexity index is 964. The van der Waals surface area contributed by atoms with Crippen LogP contribution in [0.3, 0.4) is 0 Å². The summed E-state index contributed by atoms with van der Waals surface area (Å²) in [6.07, 6.45) is 4.48. The van der Waals surface area contributed by atoms with Gasteiger partial charge in [-0.05, 0) is 54.4 Å². The second kappa shape index (κ2) is 6.88. The van der Waals surface area contributed by atoms with Gasteiger partial charge in [-0.25, -0.2) is 0 Å². The number of carbonyl (C=O) groups excluding carboxylic acids is 1. The molecular formula is C24H26N2O. The molecule has 2 aromatic rings. The summed E-state index contributed by atoms with van der Waals surface area (Å²) in [5, 5.41) is 8.86. The van der Waals surface area contributed by atoms with Gasteiger partial charge in [0.15, 0.2) is 5.78 Å². The van der Waals surface area contributed by atoms with E-state index in [9.17, 15) is 4.79 Å². The fraction of sp³-hybridized carbons (Fsp3) is 0.375. The van der Waals surface area contributed by atoms with Crippen LogP contribution in [-0.2, 0) is 6.42 Å². The summed E-state index contributed by atoms with van der Waals surface area (Å²) in [7, 11) is 0. The monoisotopic (exact) mass is 358 g/mol. The second-order valence-corrected chi connectivity index (χ2v) is 7.94. The Morgan fingerprint density at radius 1 is 0.926 bits per heavy atom. The molecule has 0 amide bonds. The number of benzene rings is 2. The van der Waals surface area contributed by atoms with Crippen molar-refractivity contribution >= 4 is 17.2 Å². The average Bonchev–Trinajstić information content (AvgIpc) is 3.18. The molecule has 2 aromatic carbocycles. The van der Waals surface area contributed by atoms with Crippen LogP contribution in [0, 0.1) is 12.3 Å². The molecule has 2 aliphatic rings. The van der Waals surface area contributed by atoms with Crippen molar-refractivity contribution in [1.82, 2.24) is 0 Å². The molecule has 1 aliphatic carbocycles. The maximum Gasteiger partial charge on any atom is 0.163 e. The Kier molecular flexibility index (Phi) is 4.55. The van der Waals surface area contributed by atoms with E-state index in [1.807, 2.05) is 18.2 Å². The van der Waals surface area contributed by atoms with Crippen LogP contribution in [0.2, 0.25) is 0 Å². The fourth-order valence-electron chi connectivity index (χ4n) is 4.38. The Morgan fingerprint density at radius 3 is 2.41 bits per heavy atom. The number of aryl methyl sites for hydroxylation is 1. The van der Waals surface area contributed by atoms with Gasteiger partial charge in [0.25, 0.3) is 0 Å². The van der Waals surface area contributed by atoms with Crippen molar-refractivity contribution in [2.75, 3.05) is 0 Å². The number of fused-ring (bicyclic) bond motifs is 1. The molecule has 0 saturated carbocycles. The van der Waals surface area contributed by atoms with Crippen molar-refractivity contribution in [1.29, 1.82) is 0 Å². The summed E-state index contributed by atoms with van der Waals surface area (Å²) in [6, 6.07) is 14.6. The normalized spacial score (nSPS) is 18.1. The zero-order valence-electron chi connectivity index (χ0n) is 16.4. The Balaban J connectivity index is 1.59. The summed E-state index contributed by atoms with van der Waals surface area (Å²) in [5.41, 5.74) is 7.56.